The van der Waals surface area contributed by atoms with E-state index in [0.717, 1.165) is 20.8 Å². The van der Waals surface area contributed by atoms with Crippen LogP contribution in [-0.4, -0.2) is 19.4 Å². The number of fused-ring (bicyclic) bond motifs is 1. The number of carbonyl (C=O) groups is 1. The molecule has 0 aliphatic rings. The molecule has 1 N–H and O–H groups in total. The molecule has 0 bridgehead atoms. The van der Waals surface area contributed by atoms with E-state index in [0.29, 0.717) is 5.69 Å². The number of hydrogen-bond donors (Lipinski definition) is 1. The lowest BCUT2D eigenvalue weighted by Gasteiger charge is -2.10. The van der Waals surface area contributed by atoms with Crippen molar-refractivity contribution in [2.45, 2.75) is 4.90 Å². The van der Waals surface area contributed by atoms with Gasteiger partial charge in [0.15, 0.2) is 0 Å². The summed E-state index contributed by atoms with van der Waals surface area (Å²) in [5, 5.41) is 11.6. The van der Waals surface area contributed by atoms with Gasteiger partial charge in [0.2, 0.25) is 0 Å². The Hall–Kier alpha value is -3.23. The number of rotatable bonds is 5. The number of para-hydroxylation sites is 1. The second kappa shape index (κ2) is 7.06. The Morgan fingerprint density at radius 3 is 2.43 bits per heavy atom. The van der Waals surface area contributed by atoms with E-state index in [1.165, 1.54) is 35.6 Å². The number of nitrogens with one attached hydrogen (secondary N) is 1. The number of sulfonamides is 1. The summed E-state index contributed by atoms with van der Waals surface area (Å²) in [6.07, 6.45) is 0. The molecule has 8 heteroatoms. The molecular formula is C20H13N2O4S2-. The number of anilines is 1. The maximum absolute atomic E-state index is 12.6. The third-order valence-corrected chi connectivity index (χ3v) is 6.54. The predicted molar refractivity (Wildman–Crippen MR) is 107 cm³/mol. The van der Waals surface area contributed by atoms with Gasteiger partial charge in [0.1, 0.15) is 5.01 Å². The first-order valence-electron chi connectivity index (χ1n) is 8.23. The van der Waals surface area contributed by atoms with Crippen molar-refractivity contribution in [2.24, 2.45) is 0 Å². The Morgan fingerprint density at radius 1 is 0.964 bits per heavy atom. The van der Waals surface area contributed by atoms with Crippen molar-refractivity contribution in [3.8, 4) is 10.6 Å². The molecule has 4 rings (SSSR count). The summed E-state index contributed by atoms with van der Waals surface area (Å²) in [4.78, 5) is 15.4. The van der Waals surface area contributed by atoms with Gasteiger partial charge in [0.25, 0.3) is 10.0 Å². The molecule has 0 aliphatic carbocycles. The number of nitrogens with zero attached hydrogens (tertiary/aromatic N) is 1. The van der Waals surface area contributed by atoms with E-state index in [9.17, 15) is 18.3 Å². The molecule has 6 nitrogen and oxygen atoms in total. The highest BCUT2D eigenvalue weighted by Gasteiger charge is 2.15. The molecule has 0 fully saturated rings. The average molecular weight is 409 g/mol. The Kier molecular flexibility index (Phi) is 4.58. The smallest absolute Gasteiger partial charge is 0.261 e. The maximum atomic E-state index is 12.6. The van der Waals surface area contributed by atoms with Crippen LogP contribution < -0.4 is 9.83 Å². The highest BCUT2D eigenvalue weighted by atomic mass is 32.2. The van der Waals surface area contributed by atoms with Crippen LogP contribution in [-0.2, 0) is 10.0 Å². The lowest BCUT2D eigenvalue weighted by molar-refractivity contribution is -0.255. The van der Waals surface area contributed by atoms with Gasteiger partial charge in [0.05, 0.1) is 21.1 Å². The van der Waals surface area contributed by atoms with E-state index >= 15 is 0 Å². The van der Waals surface area contributed by atoms with Crippen LogP contribution in [0.1, 0.15) is 10.4 Å². The van der Waals surface area contributed by atoms with Gasteiger partial charge in [-0.25, -0.2) is 13.4 Å². The zero-order chi connectivity index (χ0) is 19.7. The average Bonchev–Trinajstić information content (AvgIpc) is 3.12. The lowest BCUT2D eigenvalue weighted by atomic mass is 10.2. The number of thiazole rings is 1. The molecule has 140 valence electrons. The van der Waals surface area contributed by atoms with Crippen LogP contribution in [0.5, 0.6) is 0 Å². The molecule has 0 saturated carbocycles. The Balaban J connectivity index is 1.63. The van der Waals surface area contributed by atoms with E-state index in [1.54, 1.807) is 18.2 Å². The predicted octanol–water partition coefficient (Wildman–Crippen LogP) is 3.13. The molecule has 0 unspecified atom stereocenters. The van der Waals surface area contributed by atoms with Crippen molar-refractivity contribution in [3.63, 3.8) is 0 Å². The molecule has 0 amide bonds. The fourth-order valence-electron chi connectivity index (χ4n) is 2.70. The number of carboxylic acid groups (broad SMARTS) is 1. The number of hydrogen-bond acceptors (Lipinski definition) is 6. The second-order valence-electron chi connectivity index (χ2n) is 5.98. The van der Waals surface area contributed by atoms with Crippen molar-refractivity contribution >= 4 is 43.2 Å². The van der Waals surface area contributed by atoms with E-state index in [4.69, 9.17) is 0 Å². The van der Waals surface area contributed by atoms with Crippen molar-refractivity contribution in [3.05, 3.63) is 78.4 Å². The maximum Gasteiger partial charge on any atom is 0.261 e. The summed E-state index contributed by atoms with van der Waals surface area (Å²) in [5.41, 5.74) is 1.99. The minimum absolute atomic E-state index is 0.0390. The first-order chi connectivity index (χ1) is 13.4. The van der Waals surface area contributed by atoms with Gasteiger partial charge < -0.3 is 9.90 Å². The zero-order valence-corrected chi connectivity index (χ0v) is 16.0. The normalized spacial score (nSPS) is 11.4. The second-order valence-corrected chi connectivity index (χ2v) is 8.70. The van der Waals surface area contributed by atoms with Crippen LogP contribution in [0.15, 0.2) is 77.7 Å². The quantitative estimate of drug-likeness (QED) is 0.546. The molecule has 0 saturated heterocycles. The number of benzene rings is 3. The van der Waals surface area contributed by atoms with Crippen LogP contribution in [0.3, 0.4) is 0 Å². The van der Waals surface area contributed by atoms with Gasteiger partial charge in [-0.05, 0) is 42.0 Å². The highest BCUT2D eigenvalue weighted by Crippen LogP contribution is 2.31. The summed E-state index contributed by atoms with van der Waals surface area (Å²) >= 11 is 1.53. The molecular weight excluding hydrogens is 396 g/mol. The van der Waals surface area contributed by atoms with Crippen LogP contribution in [0.2, 0.25) is 0 Å². The number of aromatic carboxylic acids is 1. The minimum atomic E-state index is -3.86. The van der Waals surface area contributed by atoms with Gasteiger partial charge in [-0.3, -0.25) is 4.72 Å². The van der Waals surface area contributed by atoms with E-state index < -0.39 is 16.0 Å². The number of carbonyl (C=O) groups excluding carboxylic acids is 1. The van der Waals surface area contributed by atoms with Crippen LogP contribution in [0.4, 0.5) is 5.69 Å². The number of aromatic nitrogens is 1. The van der Waals surface area contributed by atoms with Crippen molar-refractivity contribution in [1.82, 2.24) is 4.98 Å². The number of carboxylic acids is 1. The third-order valence-electron chi connectivity index (χ3n) is 4.06. The minimum Gasteiger partial charge on any atom is -0.545 e. The summed E-state index contributed by atoms with van der Waals surface area (Å²) in [6.45, 7) is 0. The standard InChI is InChI=1S/C20H14N2O4S2/c23-20(24)13-8-10-16(11-9-13)28(25,26)22-15-5-3-4-14(12-15)19-21-17-6-1-2-7-18(17)27-19/h1-12,22H,(H,23,24)/p-1. The molecule has 28 heavy (non-hydrogen) atoms. The van der Waals surface area contributed by atoms with Gasteiger partial charge >= 0.3 is 0 Å². The Labute approximate surface area is 165 Å². The summed E-state index contributed by atoms with van der Waals surface area (Å²) in [7, 11) is -3.86. The van der Waals surface area contributed by atoms with Gasteiger partial charge in [-0.1, -0.05) is 36.4 Å². The topological polar surface area (TPSA) is 99.2 Å². The molecule has 1 heterocycles. The highest BCUT2D eigenvalue weighted by molar-refractivity contribution is 7.92. The largest absolute Gasteiger partial charge is 0.545 e. The van der Waals surface area contributed by atoms with Crippen LogP contribution in [0, 0.1) is 0 Å². The van der Waals surface area contributed by atoms with E-state index in [2.05, 4.69) is 9.71 Å². The molecule has 0 radical (unpaired) electrons. The lowest BCUT2D eigenvalue weighted by Crippen LogP contribution is -2.22. The van der Waals surface area contributed by atoms with E-state index in [1.807, 2.05) is 30.3 Å². The SMILES string of the molecule is O=C([O-])c1ccc(S(=O)(=O)Nc2cccc(-c3nc4ccccc4s3)c2)cc1. The van der Waals surface area contributed by atoms with Gasteiger partial charge in [0, 0.05) is 11.3 Å². The van der Waals surface area contributed by atoms with E-state index in [-0.39, 0.29) is 10.5 Å². The van der Waals surface area contributed by atoms with Crippen molar-refractivity contribution < 1.29 is 18.3 Å². The third kappa shape index (κ3) is 3.60. The van der Waals surface area contributed by atoms with Gasteiger partial charge in [-0.15, -0.1) is 11.3 Å². The Bertz CT molecular complexity index is 1250. The molecule has 0 atom stereocenters. The first kappa shape index (κ1) is 18.1. The molecule has 4 aromatic rings. The summed E-state index contributed by atoms with van der Waals surface area (Å²) in [6, 6.07) is 19.6. The molecule has 3 aromatic carbocycles. The monoisotopic (exact) mass is 409 g/mol. The van der Waals surface area contributed by atoms with Crippen LogP contribution >= 0.6 is 11.3 Å². The van der Waals surface area contributed by atoms with Crippen LogP contribution in [0.25, 0.3) is 20.8 Å². The molecule has 0 spiro atoms. The summed E-state index contributed by atoms with van der Waals surface area (Å²) < 4.78 is 28.7. The van der Waals surface area contributed by atoms with Crippen molar-refractivity contribution in [1.29, 1.82) is 0 Å². The molecule has 1 aromatic heterocycles. The molecule has 0 aliphatic heterocycles. The fraction of sp³-hybridized carbons (Fsp3) is 0. The Morgan fingerprint density at radius 2 is 1.71 bits per heavy atom. The summed E-state index contributed by atoms with van der Waals surface area (Å²) in [5.74, 6) is -1.36. The van der Waals surface area contributed by atoms with Gasteiger partial charge in [-0.2, -0.15) is 0 Å². The zero-order valence-electron chi connectivity index (χ0n) is 14.3. The first-order valence-corrected chi connectivity index (χ1v) is 10.5. The fourth-order valence-corrected chi connectivity index (χ4v) is 4.71. The van der Waals surface area contributed by atoms with Crippen molar-refractivity contribution in [2.75, 3.05) is 4.72 Å².